The summed E-state index contributed by atoms with van der Waals surface area (Å²) in [5.41, 5.74) is 1.26. The highest BCUT2D eigenvalue weighted by molar-refractivity contribution is 9.10. The van der Waals surface area contributed by atoms with Gasteiger partial charge < -0.3 is 5.32 Å². The zero-order valence-corrected chi connectivity index (χ0v) is 11.9. The first-order chi connectivity index (χ1) is 8.24. The van der Waals surface area contributed by atoms with Crippen LogP contribution in [0.3, 0.4) is 0 Å². The van der Waals surface area contributed by atoms with Gasteiger partial charge in [0.15, 0.2) is 0 Å². The molecule has 0 aliphatic heterocycles. The lowest BCUT2D eigenvalue weighted by Gasteiger charge is -2.10. The summed E-state index contributed by atoms with van der Waals surface area (Å²) >= 11 is 3.42. The monoisotopic (exact) mass is 297 g/mol. The summed E-state index contributed by atoms with van der Waals surface area (Å²) in [5, 5.41) is 2.95. The number of amides is 1. The molecule has 1 rings (SSSR count). The maximum Gasteiger partial charge on any atom is 0.233 e. The summed E-state index contributed by atoms with van der Waals surface area (Å²) in [6.45, 7) is 2.84. The van der Waals surface area contributed by atoms with Gasteiger partial charge in [0.2, 0.25) is 5.91 Å². The number of rotatable bonds is 7. The molecule has 0 heterocycles. The number of halogens is 1. The molecule has 1 unspecified atom stereocenters. The Morgan fingerprint density at radius 1 is 1.35 bits per heavy atom. The van der Waals surface area contributed by atoms with E-state index >= 15 is 0 Å². The minimum absolute atomic E-state index is 0.0433. The molecular formula is C14H20BrNO. The van der Waals surface area contributed by atoms with Crippen molar-refractivity contribution in [3.63, 3.8) is 0 Å². The lowest BCUT2D eigenvalue weighted by Crippen LogP contribution is -2.32. The van der Waals surface area contributed by atoms with E-state index in [0.717, 1.165) is 25.7 Å². The molecule has 0 saturated heterocycles. The SMILES string of the molecule is CCCCC(Br)C(=O)NCCc1ccccc1. The van der Waals surface area contributed by atoms with Gasteiger partial charge in [0.1, 0.15) is 0 Å². The zero-order valence-electron chi connectivity index (χ0n) is 10.3. The third-order valence-corrected chi connectivity index (χ3v) is 3.53. The number of nitrogens with one attached hydrogen (secondary N) is 1. The summed E-state index contributed by atoms with van der Waals surface area (Å²) in [6.07, 6.45) is 4.01. The number of carbonyl (C=O) groups excluding carboxylic acids is 1. The number of unbranched alkanes of at least 4 members (excludes halogenated alkanes) is 1. The molecule has 94 valence electrons. The molecule has 0 bridgehead atoms. The topological polar surface area (TPSA) is 29.1 Å². The van der Waals surface area contributed by atoms with Crippen LogP contribution in [0.2, 0.25) is 0 Å². The average Bonchev–Trinajstić information content (AvgIpc) is 2.37. The molecule has 1 N–H and O–H groups in total. The van der Waals surface area contributed by atoms with Gasteiger partial charge in [0, 0.05) is 6.54 Å². The molecule has 3 heteroatoms. The molecule has 0 radical (unpaired) electrons. The Hall–Kier alpha value is -0.830. The predicted molar refractivity (Wildman–Crippen MR) is 75.4 cm³/mol. The Morgan fingerprint density at radius 2 is 2.06 bits per heavy atom. The summed E-state index contributed by atoms with van der Waals surface area (Å²) in [7, 11) is 0. The molecule has 0 saturated carbocycles. The standard InChI is InChI=1S/C14H20BrNO/c1-2-3-9-13(15)14(17)16-11-10-12-7-5-4-6-8-12/h4-8,13H,2-3,9-11H2,1H3,(H,16,17). The molecule has 0 aliphatic carbocycles. The molecule has 0 spiro atoms. The Morgan fingerprint density at radius 3 is 2.71 bits per heavy atom. The second-order valence-corrected chi connectivity index (χ2v) is 5.24. The predicted octanol–water partition coefficient (Wildman–Crippen LogP) is 3.30. The van der Waals surface area contributed by atoms with E-state index in [1.165, 1.54) is 5.56 Å². The van der Waals surface area contributed by atoms with Gasteiger partial charge in [-0.3, -0.25) is 4.79 Å². The molecule has 1 aromatic rings. The lowest BCUT2D eigenvalue weighted by atomic mass is 10.1. The molecular weight excluding hydrogens is 278 g/mol. The van der Waals surface area contributed by atoms with Gasteiger partial charge in [0.05, 0.1) is 4.83 Å². The van der Waals surface area contributed by atoms with Crippen LogP contribution in [-0.4, -0.2) is 17.3 Å². The number of alkyl halides is 1. The van der Waals surface area contributed by atoms with Crippen LogP contribution in [-0.2, 0) is 11.2 Å². The van der Waals surface area contributed by atoms with Gasteiger partial charge >= 0.3 is 0 Å². The number of hydrogen-bond acceptors (Lipinski definition) is 1. The zero-order chi connectivity index (χ0) is 12.5. The van der Waals surface area contributed by atoms with Crippen LogP contribution in [0.15, 0.2) is 30.3 Å². The van der Waals surface area contributed by atoms with Gasteiger partial charge in [-0.1, -0.05) is 66.0 Å². The molecule has 17 heavy (non-hydrogen) atoms. The van der Waals surface area contributed by atoms with Gasteiger partial charge in [-0.05, 0) is 18.4 Å². The van der Waals surface area contributed by atoms with Crippen LogP contribution in [0.1, 0.15) is 31.7 Å². The molecule has 1 atom stereocenters. The van der Waals surface area contributed by atoms with Crippen molar-refractivity contribution >= 4 is 21.8 Å². The van der Waals surface area contributed by atoms with Crippen molar-refractivity contribution < 1.29 is 4.79 Å². The van der Waals surface area contributed by atoms with Gasteiger partial charge in [0.25, 0.3) is 0 Å². The van der Waals surface area contributed by atoms with E-state index in [-0.39, 0.29) is 10.7 Å². The number of benzene rings is 1. The first-order valence-corrected chi connectivity index (χ1v) is 7.11. The third kappa shape index (κ3) is 5.87. The van der Waals surface area contributed by atoms with E-state index < -0.39 is 0 Å². The van der Waals surface area contributed by atoms with Crippen LogP contribution in [0.25, 0.3) is 0 Å². The largest absolute Gasteiger partial charge is 0.355 e. The Balaban J connectivity index is 2.20. The highest BCUT2D eigenvalue weighted by Gasteiger charge is 2.12. The van der Waals surface area contributed by atoms with Crippen molar-refractivity contribution in [3.8, 4) is 0 Å². The highest BCUT2D eigenvalue weighted by Crippen LogP contribution is 2.09. The fourth-order valence-electron chi connectivity index (χ4n) is 1.60. The molecule has 0 aromatic heterocycles. The molecule has 2 nitrogen and oxygen atoms in total. The van der Waals surface area contributed by atoms with Gasteiger partial charge in [-0.25, -0.2) is 0 Å². The van der Waals surface area contributed by atoms with Crippen molar-refractivity contribution in [1.29, 1.82) is 0 Å². The Kier molecular flexibility index (Phi) is 6.94. The Bertz CT molecular complexity index is 326. The van der Waals surface area contributed by atoms with E-state index in [0.29, 0.717) is 6.54 Å². The van der Waals surface area contributed by atoms with Crippen molar-refractivity contribution in [2.24, 2.45) is 0 Å². The van der Waals surface area contributed by atoms with E-state index in [2.05, 4.69) is 40.3 Å². The molecule has 1 amide bonds. The smallest absolute Gasteiger partial charge is 0.233 e. The summed E-state index contributed by atoms with van der Waals surface area (Å²) in [4.78, 5) is 11.6. The molecule has 0 aliphatic rings. The summed E-state index contributed by atoms with van der Waals surface area (Å²) < 4.78 is 0. The number of hydrogen-bond donors (Lipinski definition) is 1. The van der Waals surface area contributed by atoms with Crippen molar-refractivity contribution in [3.05, 3.63) is 35.9 Å². The molecule has 0 fully saturated rings. The van der Waals surface area contributed by atoms with Crippen LogP contribution in [0, 0.1) is 0 Å². The minimum Gasteiger partial charge on any atom is -0.355 e. The first kappa shape index (κ1) is 14.2. The Labute approximate surface area is 112 Å². The second-order valence-electron chi connectivity index (χ2n) is 4.14. The molecule has 1 aromatic carbocycles. The van der Waals surface area contributed by atoms with E-state index in [9.17, 15) is 4.79 Å². The van der Waals surface area contributed by atoms with E-state index in [4.69, 9.17) is 0 Å². The van der Waals surface area contributed by atoms with Crippen LogP contribution < -0.4 is 5.32 Å². The van der Waals surface area contributed by atoms with Crippen LogP contribution in [0.4, 0.5) is 0 Å². The average molecular weight is 298 g/mol. The highest BCUT2D eigenvalue weighted by atomic mass is 79.9. The van der Waals surface area contributed by atoms with E-state index in [1.807, 2.05) is 18.2 Å². The second kappa shape index (κ2) is 8.29. The van der Waals surface area contributed by atoms with Crippen LogP contribution in [0.5, 0.6) is 0 Å². The van der Waals surface area contributed by atoms with Crippen LogP contribution >= 0.6 is 15.9 Å². The van der Waals surface area contributed by atoms with Crippen molar-refractivity contribution in [1.82, 2.24) is 5.32 Å². The lowest BCUT2D eigenvalue weighted by molar-refractivity contribution is -0.120. The van der Waals surface area contributed by atoms with Crippen molar-refractivity contribution in [2.75, 3.05) is 6.54 Å². The quantitative estimate of drug-likeness (QED) is 0.769. The van der Waals surface area contributed by atoms with Gasteiger partial charge in [-0.2, -0.15) is 0 Å². The van der Waals surface area contributed by atoms with E-state index in [1.54, 1.807) is 0 Å². The third-order valence-electron chi connectivity index (χ3n) is 2.65. The first-order valence-electron chi connectivity index (χ1n) is 6.19. The minimum atomic E-state index is -0.0433. The maximum absolute atomic E-state index is 11.7. The normalized spacial score (nSPS) is 12.1. The fraction of sp³-hybridized carbons (Fsp3) is 0.500. The van der Waals surface area contributed by atoms with Crippen molar-refractivity contribution in [2.45, 2.75) is 37.4 Å². The number of carbonyl (C=O) groups is 1. The fourth-order valence-corrected chi connectivity index (χ4v) is 2.09. The van der Waals surface area contributed by atoms with Gasteiger partial charge in [-0.15, -0.1) is 0 Å². The summed E-state index contributed by atoms with van der Waals surface area (Å²) in [5.74, 6) is 0.106. The summed E-state index contributed by atoms with van der Waals surface area (Å²) in [6, 6.07) is 10.2. The maximum atomic E-state index is 11.7.